The Morgan fingerprint density at radius 2 is 1.86 bits per heavy atom. The molecule has 0 saturated carbocycles. The summed E-state index contributed by atoms with van der Waals surface area (Å²) >= 11 is 5.98. The first kappa shape index (κ1) is 21.3. The first-order chi connectivity index (χ1) is 13.2. The van der Waals surface area contributed by atoms with Crippen molar-refractivity contribution in [2.45, 2.75) is 13.8 Å². The summed E-state index contributed by atoms with van der Waals surface area (Å²) in [5.74, 6) is -2.24. The van der Waals surface area contributed by atoms with Gasteiger partial charge in [0.1, 0.15) is 11.0 Å². The number of ether oxygens (including phenoxy) is 1. The predicted octanol–water partition coefficient (Wildman–Crippen LogP) is 2.74. The maximum absolute atomic E-state index is 12.9. The number of carbonyl (C=O) groups is 3. The zero-order valence-electron chi connectivity index (χ0n) is 15.6. The molecule has 0 fully saturated rings. The Kier molecular flexibility index (Phi) is 7.06. The lowest BCUT2D eigenvalue weighted by molar-refractivity contribution is -0.136. The Morgan fingerprint density at radius 1 is 1.21 bits per heavy atom. The molecule has 1 heterocycles. The molecule has 0 aliphatic heterocycles. The minimum absolute atomic E-state index is 0.00183. The molecular weight excluding hydrogens is 389 g/mol. The van der Waals surface area contributed by atoms with Gasteiger partial charge in [-0.15, -0.1) is 0 Å². The molecule has 0 aliphatic rings. The number of pyridine rings is 1. The van der Waals surface area contributed by atoms with E-state index in [9.17, 15) is 18.8 Å². The number of anilines is 1. The Balaban J connectivity index is 1.87. The molecule has 0 aliphatic carbocycles. The standard InChI is InChI=1S/C19H19ClFN3O4/c1-11-8-12(2)22-18(20)17(11)19(27)28-10-16(26)24(3)9-15(25)23-14-6-4-13(21)5-7-14/h4-8H,9-10H2,1-3H3,(H,23,25). The third-order valence-corrected chi connectivity index (χ3v) is 4.04. The van der Waals surface area contributed by atoms with Crippen LogP contribution in [0.15, 0.2) is 30.3 Å². The first-order valence-electron chi connectivity index (χ1n) is 8.27. The molecule has 2 aromatic rings. The normalized spacial score (nSPS) is 10.3. The average Bonchev–Trinajstić information content (AvgIpc) is 2.60. The fourth-order valence-electron chi connectivity index (χ4n) is 2.38. The van der Waals surface area contributed by atoms with E-state index < -0.39 is 30.2 Å². The monoisotopic (exact) mass is 407 g/mol. The van der Waals surface area contributed by atoms with Crippen LogP contribution in [0.4, 0.5) is 10.1 Å². The van der Waals surface area contributed by atoms with E-state index in [1.54, 1.807) is 19.9 Å². The summed E-state index contributed by atoms with van der Waals surface area (Å²) in [7, 11) is 1.39. The lowest BCUT2D eigenvalue weighted by atomic mass is 10.1. The molecule has 28 heavy (non-hydrogen) atoms. The fourth-order valence-corrected chi connectivity index (χ4v) is 2.74. The highest BCUT2D eigenvalue weighted by Gasteiger charge is 2.20. The molecule has 1 aromatic heterocycles. The van der Waals surface area contributed by atoms with Crippen molar-refractivity contribution in [3.05, 3.63) is 58.1 Å². The van der Waals surface area contributed by atoms with E-state index in [0.717, 1.165) is 4.90 Å². The third kappa shape index (κ3) is 5.75. The van der Waals surface area contributed by atoms with Crippen LogP contribution in [0, 0.1) is 19.7 Å². The van der Waals surface area contributed by atoms with Crippen LogP contribution < -0.4 is 5.32 Å². The van der Waals surface area contributed by atoms with Gasteiger partial charge in [-0.05, 0) is 49.7 Å². The van der Waals surface area contributed by atoms with Crippen molar-refractivity contribution in [2.24, 2.45) is 0 Å². The van der Waals surface area contributed by atoms with Crippen LogP contribution in [0.1, 0.15) is 21.6 Å². The van der Waals surface area contributed by atoms with Crippen LogP contribution in [-0.4, -0.2) is 47.9 Å². The number of hydrogen-bond donors (Lipinski definition) is 1. The van der Waals surface area contributed by atoms with Gasteiger partial charge in [-0.25, -0.2) is 14.2 Å². The third-order valence-electron chi connectivity index (χ3n) is 3.77. The highest BCUT2D eigenvalue weighted by molar-refractivity contribution is 6.32. The summed E-state index contributed by atoms with van der Waals surface area (Å²) in [5.41, 5.74) is 1.73. The highest BCUT2D eigenvalue weighted by Crippen LogP contribution is 2.19. The summed E-state index contributed by atoms with van der Waals surface area (Å²) in [4.78, 5) is 41.4. The molecular formula is C19H19ClFN3O4. The molecule has 0 spiro atoms. The minimum Gasteiger partial charge on any atom is -0.452 e. The number of aryl methyl sites for hydroxylation is 2. The number of rotatable bonds is 6. The number of amides is 2. The van der Waals surface area contributed by atoms with E-state index in [0.29, 0.717) is 16.9 Å². The van der Waals surface area contributed by atoms with Crippen molar-refractivity contribution in [1.29, 1.82) is 0 Å². The van der Waals surface area contributed by atoms with Gasteiger partial charge < -0.3 is 15.0 Å². The molecule has 148 valence electrons. The zero-order valence-corrected chi connectivity index (χ0v) is 16.3. The van der Waals surface area contributed by atoms with Gasteiger partial charge in [0.05, 0.1) is 12.1 Å². The van der Waals surface area contributed by atoms with E-state index in [1.807, 2.05) is 0 Å². The Bertz CT molecular complexity index is 880. The summed E-state index contributed by atoms with van der Waals surface area (Å²) in [5, 5.41) is 2.53. The number of aromatic nitrogens is 1. The topological polar surface area (TPSA) is 88.6 Å². The van der Waals surface area contributed by atoms with E-state index in [4.69, 9.17) is 16.3 Å². The zero-order chi connectivity index (χ0) is 20.8. The number of nitrogens with one attached hydrogen (secondary N) is 1. The van der Waals surface area contributed by atoms with Gasteiger partial charge in [-0.3, -0.25) is 9.59 Å². The van der Waals surface area contributed by atoms with Gasteiger partial charge in [0.2, 0.25) is 5.91 Å². The van der Waals surface area contributed by atoms with Crippen LogP contribution in [0.25, 0.3) is 0 Å². The predicted molar refractivity (Wildman–Crippen MR) is 102 cm³/mol. The van der Waals surface area contributed by atoms with Crippen molar-refractivity contribution in [3.8, 4) is 0 Å². The molecule has 0 saturated heterocycles. The van der Waals surface area contributed by atoms with Gasteiger partial charge in [0.25, 0.3) is 5.91 Å². The number of nitrogens with zero attached hydrogens (tertiary/aromatic N) is 2. The first-order valence-corrected chi connectivity index (χ1v) is 8.65. The SMILES string of the molecule is Cc1cc(C)c(C(=O)OCC(=O)N(C)CC(=O)Nc2ccc(F)cc2)c(Cl)n1. The van der Waals surface area contributed by atoms with Crippen LogP contribution in [0.3, 0.4) is 0 Å². The second kappa shape index (κ2) is 9.27. The van der Waals surface area contributed by atoms with Crippen molar-refractivity contribution < 1.29 is 23.5 Å². The molecule has 7 nitrogen and oxygen atoms in total. The molecule has 1 aromatic carbocycles. The summed E-state index contributed by atoms with van der Waals surface area (Å²) in [6.07, 6.45) is 0. The second-order valence-corrected chi connectivity index (χ2v) is 6.49. The number of esters is 1. The molecule has 0 unspecified atom stereocenters. The summed E-state index contributed by atoms with van der Waals surface area (Å²) in [6.45, 7) is 2.61. The molecule has 2 amide bonds. The number of benzene rings is 1. The number of likely N-dealkylation sites (N-methyl/N-ethyl adjacent to an activating group) is 1. The van der Waals surface area contributed by atoms with Crippen molar-refractivity contribution >= 4 is 35.1 Å². The average molecular weight is 408 g/mol. The van der Waals surface area contributed by atoms with Crippen LogP contribution >= 0.6 is 11.6 Å². The lowest BCUT2D eigenvalue weighted by Gasteiger charge is -2.17. The molecule has 0 radical (unpaired) electrons. The minimum atomic E-state index is -0.771. The molecule has 9 heteroatoms. The van der Waals surface area contributed by atoms with E-state index in [1.165, 1.54) is 31.3 Å². The summed E-state index contributed by atoms with van der Waals surface area (Å²) < 4.78 is 17.9. The second-order valence-electron chi connectivity index (χ2n) is 6.13. The van der Waals surface area contributed by atoms with E-state index >= 15 is 0 Å². The molecule has 0 bridgehead atoms. The van der Waals surface area contributed by atoms with E-state index in [-0.39, 0.29) is 17.3 Å². The van der Waals surface area contributed by atoms with E-state index in [2.05, 4.69) is 10.3 Å². The van der Waals surface area contributed by atoms with Crippen molar-refractivity contribution in [2.75, 3.05) is 25.5 Å². The van der Waals surface area contributed by atoms with Crippen molar-refractivity contribution in [3.63, 3.8) is 0 Å². The molecule has 1 N–H and O–H groups in total. The summed E-state index contributed by atoms with van der Waals surface area (Å²) in [6, 6.07) is 6.89. The maximum Gasteiger partial charge on any atom is 0.342 e. The Labute approximate surface area is 166 Å². The van der Waals surface area contributed by atoms with Crippen LogP contribution in [-0.2, 0) is 14.3 Å². The highest BCUT2D eigenvalue weighted by atomic mass is 35.5. The number of hydrogen-bond acceptors (Lipinski definition) is 5. The van der Waals surface area contributed by atoms with Gasteiger partial charge in [-0.2, -0.15) is 0 Å². The maximum atomic E-state index is 12.9. The van der Waals surface area contributed by atoms with Gasteiger partial charge in [-0.1, -0.05) is 11.6 Å². The largest absolute Gasteiger partial charge is 0.452 e. The lowest BCUT2D eigenvalue weighted by Crippen LogP contribution is -2.37. The molecule has 2 rings (SSSR count). The number of halogens is 2. The van der Waals surface area contributed by atoms with Gasteiger partial charge in [0.15, 0.2) is 6.61 Å². The van der Waals surface area contributed by atoms with Crippen LogP contribution in [0.2, 0.25) is 5.15 Å². The van der Waals surface area contributed by atoms with Crippen LogP contribution in [0.5, 0.6) is 0 Å². The van der Waals surface area contributed by atoms with Crippen molar-refractivity contribution in [1.82, 2.24) is 9.88 Å². The number of carbonyl (C=O) groups excluding carboxylic acids is 3. The van der Waals surface area contributed by atoms with Gasteiger partial charge >= 0.3 is 5.97 Å². The Hall–Kier alpha value is -3.00. The molecule has 0 atom stereocenters. The smallest absolute Gasteiger partial charge is 0.342 e. The van der Waals surface area contributed by atoms with Gasteiger partial charge in [0, 0.05) is 18.4 Å². The Morgan fingerprint density at radius 3 is 2.46 bits per heavy atom. The quantitative estimate of drug-likeness (QED) is 0.587. The fraction of sp³-hybridized carbons (Fsp3) is 0.263.